The Morgan fingerprint density at radius 3 is 2.54 bits per heavy atom. The third kappa shape index (κ3) is 3.55. The van der Waals surface area contributed by atoms with Crippen molar-refractivity contribution in [2.45, 2.75) is 44.6 Å². The van der Waals surface area contributed by atoms with Crippen LogP contribution >= 0.6 is 12.2 Å². The fourth-order valence-electron chi connectivity index (χ4n) is 3.51. The van der Waals surface area contributed by atoms with Crippen molar-refractivity contribution in [3.05, 3.63) is 29.3 Å². The van der Waals surface area contributed by atoms with E-state index in [1.54, 1.807) is 22.0 Å². The molecular formula is C17H20F3N5S. The maximum atomic E-state index is 13.1. The molecule has 1 saturated heterocycles. The number of hydrogen-bond donors (Lipinski definition) is 0. The van der Waals surface area contributed by atoms with E-state index in [0.717, 1.165) is 24.2 Å². The summed E-state index contributed by atoms with van der Waals surface area (Å²) in [7, 11) is 0. The summed E-state index contributed by atoms with van der Waals surface area (Å²) in [5, 5.41) is 4.65. The molecule has 0 unspecified atom stereocenters. The largest absolute Gasteiger partial charge is 0.393 e. The fraction of sp³-hybridized carbons (Fsp3) is 0.588. The molecule has 3 heterocycles. The number of rotatable bonds is 4. The van der Waals surface area contributed by atoms with Crippen LogP contribution in [-0.2, 0) is 6.67 Å². The molecule has 4 rings (SSSR count). The summed E-state index contributed by atoms with van der Waals surface area (Å²) < 4.78 is 43.5. The number of aromatic nitrogens is 4. The van der Waals surface area contributed by atoms with E-state index in [1.165, 1.54) is 0 Å². The summed E-state index contributed by atoms with van der Waals surface area (Å²) in [4.78, 5) is 5.83. The van der Waals surface area contributed by atoms with Crippen LogP contribution in [0.1, 0.15) is 31.7 Å². The van der Waals surface area contributed by atoms with Gasteiger partial charge < -0.3 is 0 Å². The maximum Gasteiger partial charge on any atom is 0.393 e. The summed E-state index contributed by atoms with van der Waals surface area (Å²) in [5.41, 5.74) is 0.920. The second-order valence-electron chi connectivity index (χ2n) is 7.04. The van der Waals surface area contributed by atoms with Crippen molar-refractivity contribution in [1.82, 2.24) is 24.2 Å². The minimum atomic E-state index is -4.14. The molecule has 0 amide bonds. The first-order valence-corrected chi connectivity index (χ1v) is 9.23. The lowest BCUT2D eigenvalue weighted by Crippen LogP contribution is -2.42. The Hall–Kier alpha value is -1.74. The lowest BCUT2D eigenvalue weighted by molar-refractivity contribution is -0.188. The smallest absolute Gasteiger partial charge is 0.297 e. The zero-order chi connectivity index (χ0) is 18.3. The molecule has 2 aliphatic rings. The molecule has 0 spiro atoms. The third-order valence-electron chi connectivity index (χ3n) is 5.02. The number of halogens is 3. The molecule has 1 aliphatic heterocycles. The molecule has 1 saturated carbocycles. The van der Waals surface area contributed by atoms with Gasteiger partial charge in [0.1, 0.15) is 0 Å². The van der Waals surface area contributed by atoms with E-state index in [0.29, 0.717) is 30.4 Å². The molecule has 9 heteroatoms. The van der Waals surface area contributed by atoms with E-state index in [1.807, 2.05) is 16.7 Å². The molecule has 0 bridgehead atoms. The van der Waals surface area contributed by atoms with Crippen molar-refractivity contribution in [2.24, 2.45) is 5.92 Å². The molecule has 5 nitrogen and oxygen atoms in total. The number of nitrogens with zero attached hydrogens (tertiary/aromatic N) is 5. The molecule has 140 valence electrons. The summed E-state index contributed by atoms with van der Waals surface area (Å²) in [6.07, 6.45) is 2.11. The molecule has 0 radical (unpaired) electrons. The first-order chi connectivity index (χ1) is 12.4. The van der Waals surface area contributed by atoms with Crippen LogP contribution in [0.15, 0.2) is 24.5 Å². The Morgan fingerprint density at radius 1 is 1.15 bits per heavy atom. The van der Waals surface area contributed by atoms with Crippen molar-refractivity contribution < 1.29 is 13.2 Å². The number of pyridine rings is 1. The van der Waals surface area contributed by atoms with Crippen molar-refractivity contribution in [1.29, 1.82) is 0 Å². The average molecular weight is 383 g/mol. The molecule has 1 aliphatic carbocycles. The predicted octanol–water partition coefficient (Wildman–Crippen LogP) is 4.04. The standard InChI is InChI=1S/C17H20F3N5S/c18-17(19,20)13-2-1-9-23(10-13)11-24-16(26)25(14-3-4-14)15(22-24)12-5-7-21-8-6-12/h5-8,13-14H,1-4,9-11H2/t13-/m1/s1. The van der Waals surface area contributed by atoms with Crippen LogP contribution in [0.5, 0.6) is 0 Å². The van der Waals surface area contributed by atoms with Gasteiger partial charge in [-0.05, 0) is 56.6 Å². The summed E-state index contributed by atoms with van der Waals surface area (Å²) in [5.74, 6) is -0.500. The minimum Gasteiger partial charge on any atom is -0.297 e. The molecule has 0 N–H and O–H groups in total. The van der Waals surface area contributed by atoms with Crippen LogP contribution < -0.4 is 0 Å². The van der Waals surface area contributed by atoms with Crippen LogP contribution in [-0.4, -0.2) is 43.5 Å². The molecule has 26 heavy (non-hydrogen) atoms. The Bertz CT molecular complexity index is 825. The minimum absolute atomic E-state index is 0.00610. The van der Waals surface area contributed by atoms with E-state index in [9.17, 15) is 13.2 Å². The summed E-state index contributed by atoms with van der Waals surface area (Å²) >= 11 is 5.60. The van der Waals surface area contributed by atoms with Gasteiger partial charge in [0, 0.05) is 30.5 Å². The Balaban J connectivity index is 1.60. The lowest BCUT2D eigenvalue weighted by atomic mass is 9.98. The van der Waals surface area contributed by atoms with Gasteiger partial charge in [0.05, 0.1) is 12.6 Å². The van der Waals surface area contributed by atoms with Gasteiger partial charge in [-0.25, -0.2) is 4.68 Å². The zero-order valence-electron chi connectivity index (χ0n) is 14.2. The zero-order valence-corrected chi connectivity index (χ0v) is 15.0. The second kappa shape index (κ2) is 6.77. The number of piperidine rings is 1. The van der Waals surface area contributed by atoms with Crippen LogP contribution in [0.4, 0.5) is 13.2 Å². The highest BCUT2D eigenvalue weighted by molar-refractivity contribution is 7.71. The normalized spacial score (nSPS) is 21.9. The fourth-order valence-corrected chi connectivity index (χ4v) is 3.85. The van der Waals surface area contributed by atoms with E-state index < -0.39 is 12.1 Å². The van der Waals surface area contributed by atoms with Crippen LogP contribution in [0.25, 0.3) is 11.4 Å². The van der Waals surface area contributed by atoms with Gasteiger partial charge in [0.2, 0.25) is 0 Å². The van der Waals surface area contributed by atoms with Crippen LogP contribution in [0.3, 0.4) is 0 Å². The maximum absolute atomic E-state index is 13.1. The van der Waals surface area contributed by atoms with Crippen molar-refractivity contribution in [2.75, 3.05) is 13.1 Å². The summed E-state index contributed by atoms with van der Waals surface area (Å²) in [6, 6.07) is 4.09. The SMILES string of the molecule is FC(F)(F)[C@@H]1CCCN(Cn2nc(-c3ccncc3)n(C3CC3)c2=S)C1. The number of hydrogen-bond acceptors (Lipinski definition) is 4. The van der Waals surface area contributed by atoms with Crippen LogP contribution in [0, 0.1) is 10.7 Å². The molecule has 0 aromatic carbocycles. The van der Waals surface area contributed by atoms with Crippen molar-refractivity contribution in [3.8, 4) is 11.4 Å². The third-order valence-corrected chi connectivity index (χ3v) is 5.43. The quantitative estimate of drug-likeness (QED) is 0.747. The first-order valence-electron chi connectivity index (χ1n) is 8.82. The summed E-state index contributed by atoms with van der Waals surface area (Å²) in [6.45, 7) is 0.935. The van der Waals surface area contributed by atoms with Gasteiger partial charge in [0.25, 0.3) is 0 Å². The predicted molar refractivity (Wildman–Crippen MR) is 92.9 cm³/mol. The monoisotopic (exact) mass is 383 g/mol. The molecule has 2 aromatic rings. The highest BCUT2D eigenvalue weighted by Crippen LogP contribution is 2.38. The topological polar surface area (TPSA) is 38.9 Å². The van der Waals surface area contributed by atoms with Gasteiger partial charge >= 0.3 is 6.18 Å². The Morgan fingerprint density at radius 2 is 1.88 bits per heavy atom. The van der Waals surface area contributed by atoms with Gasteiger partial charge in [0.15, 0.2) is 10.6 Å². The van der Waals surface area contributed by atoms with Gasteiger partial charge in [-0.2, -0.15) is 18.3 Å². The van der Waals surface area contributed by atoms with Crippen LogP contribution in [0.2, 0.25) is 0 Å². The van der Waals surface area contributed by atoms with E-state index in [-0.39, 0.29) is 13.0 Å². The lowest BCUT2D eigenvalue weighted by Gasteiger charge is -2.33. The van der Waals surface area contributed by atoms with Gasteiger partial charge in [-0.1, -0.05) is 0 Å². The Labute approximate surface area is 154 Å². The second-order valence-corrected chi connectivity index (χ2v) is 7.41. The van der Waals surface area contributed by atoms with E-state index >= 15 is 0 Å². The first kappa shape index (κ1) is 17.7. The molecular weight excluding hydrogens is 363 g/mol. The number of alkyl halides is 3. The van der Waals surface area contributed by atoms with Gasteiger partial charge in [-0.3, -0.25) is 14.5 Å². The Kier molecular flexibility index (Phi) is 4.60. The molecule has 1 atom stereocenters. The molecule has 2 fully saturated rings. The average Bonchev–Trinajstić information content (AvgIpc) is 3.40. The van der Waals surface area contributed by atoms with Gasteiger partial charge in [-0.15, -0.1) is 0 Å². The van der Waals surface area contributed by atoms with E-state index in [4.69, 9.17) is 12.2 Å². The van der Waals surface area contributed by atoms with Crippen molar-refractivity contribution in [3.63, 3.8) is 0 Å². The number of likely N-dealkylation sites (tertiary alicyclic amines) is 1. The highest BCUT2D eigenvalue weighted by atomic mass is 32.1. The van der Waals surface area contributed by atoms with Crippen molar-refractivity contribution >= 4 is 12.2 Å². The van der Waals surface area contributed by atoms with E-state index in [2.05, 4.69) is 10.1 Å². The highest BCUT2D eigenvalue weighted by Gasteiger charge is 2.42. The molecule has 2 aromatic heterocycles.